The quantitative estimate of drug-likeness (QED) is 0.389. The molecule has 0 aromatic heterocycles. The standard InChI is InChI=1S/C29H38/c1-2-4-6-8-10-12-14-16-18-20-22-24-26-28-29-27-25-23-21-19-17-15-13-11-9-7-5-3-1/h1-20H,21-29H2/b3-1-,4-2-,7-5-,8-6-,11-9-,12-10+,15-13-,16-14-,19-17?,20-18-. The fraction of sp³-hybridized carbons (Fsp3) is 0.310. The fourth-order valence-electron chi connectivity index (χ4n) is 2.78. The molecule has 0 N–H and O–H groups in total. The van der Waals surface area contributed by atoms with Gasteiger partial charge in [0, 0.05) is 0 Å². The lowest BCUT2D eigenvalue weighted by Crippen LogP contribution is -1.80. The Balaban J connectivity index is 2.44. The number of hydrogen-bond acceptors (Lipinski definition) is 0. The Kier molecular flexibility index (Phi) is 18.3. The van der Waals surface area contributed by atoms with Crippen molar-refractivity contribution in [2.24, 2.45) is 0 Å². The molecule has 0 nitrogen and oxygen atoms in total. The molecule has 0 heteroatoms. The molecule has 0 saturated carbocycles. The summed E-state index contributed by atoms with van der Waals surface area (Å²) >= 11 is 0. The van der Waals surface area contributed by atoms with Crippen molar-refractivity contribution in [2.75, 3.05) is 0 Å². The smallest absolute Gasteiger partial charge is 0.0348 e. The van der Waals surface area contributed by atoms with E-state index in [2.05, 4.69) is 60.8 Å². The van der Waals surface area contributed by atoms with Crippen molar-refractivity contribution in [3.8, 4) is 0 Å². The zero-order chi connectivity index (χ0) is 20.5. The third-order valence-electron chi connectivity index (χ3n) is 4.40. The van der Waals surface area contributed by atoms with Crippen LogP contribution in [0.3, 0.4) is 0 Å². The molecule has 154 valence electrons. The summed E-state index contributed by atoms with van der Waals surface area (Å²) in [5, 5.41) is 0. The molecule has 0 aromatic carbocycles. The van der Waals surface area contributed by atoms with Crippen LogP contribution in [0, 0.1) is 0 Å². The van der Waals surface area contributed by atoms with Crippen molar-refractivity contribution in [1.82, 2.24) is 0 Å². The molecule has 0 heterocycles. The van der Waals surface area contributed by atoms with Crippen molar-refractivity contribution < 1.29 is 0 Å². The fourth-order valence-corrected chi connectivity index (χ4v) is 2.78. The van der Waals surface area contributed by atoms with Crippen LogP contribution in [0.1, 0.15) is 57.8 Å². The average molecular weight is 387 g/mol. The molecule has 0 aliphatic heterocycles. The summed E-state index contributed by atoms with van der Waals surface area (Å²) < 4.78 is 0. The summed E-state index contributed by atoms with van der Waals surface area (Å²) in [6.45, 7) is 0. The lowest BCUT2D eigenvalue weighted by atomic mass is 10.1. The van der Waals surface area contributed by atoms with Crippen LogP contribution >= 0.6 is 0 Å². The summed E-state index contributed by atoms with van der Waals surface area (Å²) in [6, 6.07) is 0. The normalized spacial score (nSPS) is 28.4. The van der Waals surface area contributed by atoms with Crippen LogP contribution in [0.2, 0.25) is 0 Å². The Morgan fingerprint density at radius 3 is 0.690 bits per heavy atom. The zero-order valence-electron chi connectivity index (χ0n) is 17.9. The minimum absolute atomic E-state index is 1.19. The Morgan fingerprint density at radius 1 is 0.207 bits per heavy atom. The number of rotatable bonds is 0. The first-order valence-corrected chi connectivity index (χ1v) is 11.1. The molecular formula is C29H38. The minimum Gasteiger partial charge on any atom is -0.0845 e. The van der Waals surface area contributed by atoms with E-state index in [1.165, 1.54) is 57.8 Å². The summed E-state index contributed by atoms with van der Waals surface area (Å²) in [4.78, 5) is 0. The van der Waals surface area contributed by atoms with Gasteiger partial charge in [0.25, 0.3) is 0 Å². The van der Waals surface area contributed by atoms with Crippen LogP contribution in [-0.4, -0.2) is 0 Å². The van der Waals surface area contributed by atoms with Crippen LogP contribution < -0.4 is 0 Å². The Bertz CT molecular complexity index is 596. The third kappa shape index (κ3) is 20.0. The van der Waals surface area contributed by atoms with Gasteiger partial charge in [-0.3, -0.25) is 0 Å². The van der Waals surface area contributed by atoms with Gasteiger partial charge in [-0.05, 0) is 25.7 Å². The predicted octanol–water partition coefficient (Wildman–Crippen LogP) is 9.07. The SMILES string of the molecule is C1=CCCCCCCCCC\C=C/C=C\C=C\C=C/C=C\C=C/C=C\C=C/C=C\1. The third-order valence-corrected chi connectivity index (χ3v) is 4.40. The summed E-state index contributed by atoms with van der Waals surface area (Å²) in [5.74, 6) is 0. The first kappa shape index (κ1) is 24.4. The minimum atomic E-state index is 1.19. The first-order valence-electron chi connectivity index (χ1n) is 11.1. The van der Waals surface area contributed by atoms with E-state index in [1.54, 1.807) is 0 Å². The van der Waals surface area contributed by atoms with Gasteiger partial charge in [-0.15, -0.1) is 0 Å². The van der Waals surface area contributed by atoms with Crippen molar-refractivity contribution in [3.63, 3.8) is 0 Å². The van der Waals surface area contributed by atoms with Gasteiger partial charge in [0.1, 0.15) is 0 Å². The number of allylic oxidation sites excluding steroid dienone is 20. The maximum atomic E-state index is 2.27. The van der Waals surface area contributed by atoms with Crippen molar-refractivity contribution in [3.05, 3.63) is 122 Å². The Morgan fingerprint density at radius 2 is 0.414 bits per heavy atom. The second-order valence-corrected chi connectivity index (χ2v) is 6.99. The van der Waals surface area contributed by atoms with E-state index in [0.717, 1.165) is 0 Å². The van der Waals surface area contributed by atoms with E-state index >= 15 is 0 Å². The van der Waals surface area contributed by atoms with Gasteiger partial charge in [0.2, 0.25) is 0 Å². The highest BCUT2D eigenvalue weighted by Gasteiger charge is 1.90. The van der Waals surface area contributed by atoms with Crippen LogP contribution in [0.15, 0.2) is 122 Å². The summed E-state index contributed by atoms with van der Waals surface area (Å²) in [7, 11) is 0. The van der Waals surface area contributed by atoms with E-state index in [9.17, 15) is 0 Å². The van der Waals surface area contributed by atoms with Crippen LogP contribution in [-0.2, 0) is 0 Å². The van der Waals surface area contributed by atoms with Crippen LogP contribution in [0.25, 0.3) is 0 Å². The molecule has 1 aliphatic rings. The van der Waals surface area contributed by atoms with Crippen LogP contribution in [0.5, 0.6) is 0 Å². The van der Waals surface area contributed by atoms with Gasteiger partial charge in [0.15, 0.2) is 0 Å². The molecule has 0 fully saturated rings. The highest BCUT2D eigenvalue weighted by Crippen LogP contribution is 2.10. The van der Waals surface area contributed by atoms with Crippen molar-refractivity contribution in [2.45, 2.75) is 57.8 Å². The molecule has 0 amide bonds. The van der Waals surface area contributed by atoms with E-state index in [4.69, 9.17) is 0 Å². The highest BCUT2D eigenvalue weighted by atomic mass is 14.0. The molecule has 0 spiro atoms. The topological polar surface area (TPSA) is 0 Å². The van der Waals surface area contributed by atoms with Crippen molar-refractivity contribution in [1.29, 1.82) is 0 Å². The lowest BCUT2D eigenvalue weighted by molar-refractivity contribution is 0.583. The zero-order valence-corrected chi connectivity index (χ0v) is 17.9. The van der Waals surface area contributed by atoms with Gasteiger partial charge in [-0.1, -0.05) is 154 Å². The second kappa shape index (κ2) is 21.7. The molecular weight excluding hydrogens is 348 g/mol. The van der Waals surface area contributed by atoms with E-state index in [-0.39, 0.29) is 0 Å². The van der Waals surface area contributed by atoms with Crippen LogP contribution in [0.4, 0.5) is 0 Å². The highest BCUT2D eigenvalue weighted by molar-refractivity contribution is 5.22. The predicted molar refractivity (Wildman–Crippen MR) is 133 cm³/mol. The largest absolute Gasteiger partial charge is 0.0845 e. The van der Waals surface area contributed by atoms with Gasteiger partial charge in [-0.25, -0.2) is 0 Å². The lowest BCUT2D eigenvalue weighted by Gasteiger charge is -2.00. The van der Waals surface area contributed by atoms with Gasteiger partial charge < -0.3 is 0 Å². The van der Waals surface area contributed by atoms with Gasteiger partial charge >= 0.3 is 0 Å². The van der Waals surface area contributed by atoms with E-state index in [0.29, 0.717) is 0 Å². The Hall–Kier alpha value is -2.60. The Labute approximate surface area is 179 Å². The molecule has 0 bridgehead atoms. The summed E-state index contributed by atoms with van der Waals surface area (Å²) in [6.07, 6.45) is 53.5. The van der Waals surface area contributed by atoms with Gasteiger partial charge in [0.05, 0.1) is 0 Å². The van der Waals surface area contributed by atoms with E-state index in [1.807, 2.05) is 60.8 Å². The molecule has 0 unspecified atom stereocenters. The van der Waals surface area contributed by atoms with Gasteiger partial charge in [-0.2, -0.15) is 0 Å². The molecule has 29 heavy (non-hydrogen) atoms. The molecule has 0 aromatic rings. The molecule has 1 aliphatic carbocycles. The molecule has 0 saturated heterocycles. The molecule has 0 atom stereocenters. The monoisotopic (exact) mass is 386 g/mol. The molecule has 0 radical (unpaired) electrons. The molecule has 1 rings (SSSR count). The average Bonchev–Trinajstić information content (AvgIpc) is 2.73. The first-order chi connectivity index (χ1) is 14.5. The summed E-state index contributed by atoms with van der Waals surface area (Å²) in [5.41, 5.74) is 0. The van der Waals surface area contributed by atoms with E-state index < -0.39 is 0 Å². The number of hydrogen-bond donors (Lipinski definition) is 0. The maximum absolute atomic E-state index is 2.27. The maximum Gasteiger partial charge on any atom is -0.0348 e. The van der Waals surface area contributed by atoms with Crippen molar-refractivity contribution >= 4 is 0 Å². The second-order valence-electron chi connectivity index (χ2n) is 6.99.